The summed E-state index contributed by atoms with van der Waals surface area (Å²) in [6.45, 7) is 11.8. The Labute approximate surface area is 157 Å². The number of epoxide rings is 1. The number of hydrogen-bond donors (Lipinski definition) is 0. The smallest absolute Gasteiger partial charge is 0.341 e. The molecule has 1 unspecified atom stereocenters. The van der Waals surface area contributed by atoms with E-state index in [0.29, 0.717) is 29.1 Å². The minimum atomic E-state index is -0.541. The van der Waals surface area contributed by atoms with Crippen LogP contribution in [0.2, 0.25) is 0 Å². The summed E-state index contributed by atoms with van der Waals surface area (Å²) in [7, 11) is 1.34. The van der Waals surface area contributed by atoms with Crippen molar-refractivity contribution >= 4 is 11.9 Å². The van der Waals surface area contributed by atoms with Crippen molar-refractivity contribution in [1.29, 1.82) is 0 Å². The molecule has 1 aromatic rings. The Morgan fingerprint density at radius 2 is 2.00 bits per heavy atom. The normalized spacial score (nSPS) is 31.1. The van der Waals surface area contributed by atoms with Gasteiger partial charge in [0, 0.05) is 12.3 Å². The molecular formula is C21H22O6. The van der Waals surface area contributed by atoms with Gasteiger partial charge in [-0.05, 0) is 26.0 Å². The fourth-order valence-electron chi connectivity index (χ4n) is 4.02. The zero-order valence-electron chi connectivity index (χ0n) is 15.6. The largest absolute Gasteiger partial charge is 0.465 e. The van der Waals surface area contributed by atoms with Crippen LogP contribution in [0.1, 0.15) is 41.6 Å². The molecule has 0 aliphatic carbocycles. The molecule has 142 valence electrons. The first kappa shape index (κ1) is 17.8. The van der Waals surface area contributed by atoms with E-state index in [9.17, 15) is 9.59 Å². The van der Waals surface area contributed by atoms with Gasteiger partial charge in [0.15, 0.2) is 0 Å². The Bertz CT molecular complexity index is 888. The Morgan fingerprint density at radius 1 is 1.26 bits per heavy atom. The molecule has 1 fully saturated rings. The number of methoxy groups -OCH3 is 1. The van der Waals surface area contributed by atoms with Crippen LogP contribution in [-0.2, 0) is 25.4 Å². The highest BCUT2D eigenvalue weighted by Gasteiger charge is 2.53. The van der Waals surface area contributed by atoms with Crippen molar-refractivity contribution in [3.05, 3.63) is 59.1 Å². The van der Waals surface area contributed by atoms with Gasteiger partial charge in [-0.3, -0.25) is 0 Å². The summed E-state index contributed by atoms with van der Waals surface area (Å²) in [5.41, 5.74) is 2.58. The van der Waals surface area contributed by atoms with Crippen LogP contribution in [0.4, 0.5) is 0 Å². The van der Waals surface area contributed by atoms with Crippen molar-refractivity contribution in [2.45, 2.75) is 44.5 Å². The Morgan fingerprint density at radius 3 is 2.63 bits per heavy atom. The van der Waals surface area contributed by atoms with Gasteiger partial charge in [0.1, 0.15) is 29.3 Å². The number of fused-ring (bicyclic) bond motifs is 5. The summed E-state index contributed by atoms with van der Waals surface area (Å²) >= 11 is 0. The molecule has 0 N–H and O–H groups in total. The molecular weight excluding hydrogens is 348 g/mol. The quantitative estimate of drug-likeness (QED) is 0.462. The van der Waals surface area contributed by atoms with E-state index < -0.39 is 12.1 Å². The molecule has 0 aromatic carbocycles. The summed E-state index contributed by atoms with van der Waals surface area (Å²) in [5.74, 6) is -0.260. The van der Waals surface area contributed by atoms with Crippen LogP contribution in [0, 0.1) is 5.92 Å². The van der Waals surface area contributed by atoms with Gasteiger partial charge in [-0.15, -0.1) is 0 Å². The predicted molar refractivity (Wildman–Crippen MR) is 96.2 cm³/mol. The van der Waals surface area contributed by atoms with Crippen LogP contribution in [0.5, 0.6) is 0 Å². The van der Waals surface area contributed by atoms with Crippen LogP contribution in [0.3, 0.4) is 0 Å². The van der Waals surface area contributed by atoms with Crippen molar-refractivity contribution in [1.82, 2.24) is 0 Å². The molecule has 0 saturated carbocycles. The zero-order valence-corrected chi connectivity index (χ0v) is 15.6. The number of carbonyl (C=O) groups excluding carboxylic acids is 2. The molecule has 1 aromatic heterocycles. The standard InChI is InChI=1S/C21H22O6/c1-9(2)11-6-14-12(20(22)24-5)7-15(25-14)17(10(3)4)16-8-13(21(23)26-16)19-18(11)27-19/h7-8,11,16-19H,1,3,6H2,2,4-5H3/t11?,16-,17+,18-,19+/m1/s1. The van der Waals surface area contributed by atoms with Crippen molar-refractivity contribution in [3.8, 4) is 0 Å². The summed E-state index contributed by atoms with van der Waals surface area (Å²) < 4.78 is 22.4. The molecule has 3 aliphatic heterocycles. The number of carbonyl (C=O) groups is 2. The summed E-state index contributed by atoms with van der Waals surface area (Å²) in [4.78, 5) is 24.7. The molecule has 3 aliphatic rings. The van der Waals surface area contributed by atoms with E-state index in [1.807, 2.05) is 13.8 Å². The third-order valence-electron chi connectivity index (χ3n) is 5.49. The number of rotatable bonds is 3. The van der Waals surface area contributed by atoms with E-state index in [2.05, 4.69) is 13.2 Å². The molecule has 6 nitrogen and oxygen atoms in total. The first-order chi connectivity index (χ1) is 12.8. The first-order valence-corrected chi connectivity index (χ1v) is 8.91. The molecule has 5 atom stereocenters. The van der Waals surface area contributed by atoms with Gasteiger partial charge in [-0.1, -0.05) is 24.3 Å². The van der Waals surface area contributed by atoms with Gasteiger partial charge in [0.25, 0.3) is 0 Å². The fourth-order valence-corrected chi connectivity index (χ4v) is 4.02. The monoisotopic (exact) mass is 370 g/mol. The molecule has 6 heteroatoms. The topological polar surface area (TPSA) is 78.3 Å². The molecule has 0 amide bonds. The molecule has 1 saturated heterocycles. The molecule has 4 rings (SSSR count). The second kappa shape index (κ2) is 6.23. The molecule has 0 spiro atoms. The summed E-state index contributed by atoms with van der Waals surface area (Å²) in [5, 5.41) is 0. The van der Waals surface area contributed by atoms with Crippen LogP contribution >= 0.6 is 0 Å². The predicted octanol–water partition coefficient (Wildman–Crippen LogP) is 3.09. The van der Waals surface area contributed by atoms with Crippen molar-refractivity contribution < 1.29 is 28.2 Å². The third-order valence-corrected chi connectivity index (χ3v) is 5.49. The Kier molecular flexibility index (Phi) is 4.11. The van der Waals surface area contributed by atoms with Crippen molar-refractivity contribution in [3.63, 3.8) is 0 Å². The lowest BCUT2D eigenvalue weighted by Gasteiger charge is -2.20. The maximum Gasteiger partial charge on any atom is 0.341 e. The number of furan rings is 1. The average molecular weight is 370 g/mol. The average Bonchev–Trinajstić information content (AvgIpc) is 3.12. The minimum absolute atomic E-state index is 0.0912. The van der Waals surface area contributed by atoms with Gasteiger partial charge in [-0.25, -0.2) is 9.59 Å². The second-order valence-corrected chi connectivity index (χ2v) is 7.47. The fraction of sp³-hybridized carbons (Fsp3) is 0.429. The van der Waals surface area contributed by atoms with Crippen LogP contribution in [-0.4, -0.2) is 37.4 Å². The lowest BCUT2D eigenvalue weighted by molar-refractivity contribution is -0.140. The number of ether oxygens (including phenoxy) is 3. The van der Waals surface area contributed by atoms with Crippen LogP contribution < -0.4 is 0 Å². The lowest BCUT2D eigenvalue weighted by Crippen LogP contribution is -2.20. The SMILES string of the molecule is C=C(C)C1Cc2oc(cc2C(=O)OC)[C@H](C(=C)C)[C@H]2C=C(C(=O)O2)[C@@H]2O[C@H]12. The maximum atomic E-state index is 12.4. The van der Waals surface area contributed by atoms with Gasteiger partial charge >= 0.3 is 11.9 Å². The van der Waals surface area contributed by atoms with Crippen molar-refractivity contribution in [2.75, 3.05) is 7.11 Å². The van der Waals surface area contributed by atoms with E-state index in [4.69, 9.17) is 18.6 Å². The highest BCUT2D eigenvalue weighted by Crippen LogP contribution is 2.45. The molecule has 0 radical (unpaired) electrons. The third kappa shape index (κ3) is 2.84. The van der Waals surface area contributed by atoms with E-state index in [1.54, 1.807) is 12.1 Å². The van der Waals surface area contributed by atoms with Gasteiger partial charge in [0.05, 0.1) is 24.7 Å². The summed E-state index contributed by atoms with van der Waals surface area (Å²) in [6.07, 6.45) is 1.19. The first-order valence-electron chi connectivity index (χ1n) is 8.91. The molecule has 4 heterocycles. The van der Waals surface area contributed by atoms with E-state index in [-0.39, 0.29) is 30.0 Å². The van der Waals surface area contributed by atoms with E-state index >= 15 is 0 Å². The van der Waals surface area contributed by atoms with Crippen molar-refractivity contribution in [2.24, 2.45) is 5.92 Å². The molecule has 4 bridgehead atoms. The highest BCUT2D eigenvalue weighted by atomic mass is 16.6. The van der Waals surface area contributed by atoms with Gasteiger partial charge in [0.2, 0.25) is 0 Å². The Balaban J connectivity index is 1.87. The number of esters is 2. The lowest BCUT2D eigenvalue weighted by atomic mass is 9.87. The Hall–Kier alpha value is -2.60. The van der Waals surface area contributed by atoms with Crippen LogP contribution in [0.15, 0.2) is 46.4 Å². The zero-order chi connectivity index (χ0) is 19.5. The summed E-state index contributed by atoms with van der Waals surface area (Å²) in [6, 6.07) is 1.67. The van der Waals surface area contributed by atoms with E-state index in [1.165, 1.54) is 7.11 Å². The van der Waals surface area contributed by atoms with Gasteiger partial charge in [-0.2, -0.15) is 0 Å². The highest BCUT2D eigenvalue weighted by molar-refractivity contribution is 5.93. The number of hydrogen-bond acceptors (Lipinski definition) is 6. The second-order valence-electron chi connectivity index (χ2n) is 7.47. The van der Waals surface area contributed by atoms with Gasteiger partial charge < -0.3 is 18.6 Å². The minimum Gasteiger partial charge on any atom is -0.465 e. The maximum absolute atomic E-state index is 12.4. The van der Waals surface area contributed by atoms with E-state index in [0.717, 1.165) is 11.1 Å². The van der Waals surface area contributed by atoms with Crippen LogP contribution in [0.25, 0.3) is 0 Å². The molecule has 27 heavy (non-hydrogen) atoms.